The topological polar surface area (TPSA) is 83.8 Å². The minimum Gasteiger partial charge on any atom is -0.481 e. The SMILES string of the molecule is O=C1OC(O)C2=C1CC(C(=O)O)C=C2. The Balaban J connectivity index is 2.29. The van der Waals surface area contributed by atoms with Crippen molar-refractivity contribution in [2.75, 3.05) is 0 Å². The van der Waals surface area contributed by atoms with Gasteiger partial charge in [-0.1, -0.05) is 12.2 Å². The maximum atomic E-state index is 11.1. The van der Waals surface area contributed by atoms with Crippen LogP contribution in [-0.4, -0.2) is 28.4 Å². The smallest absolute Gasteiger partial charge is 0.337 e. The maximum absolute atomic E-state index is 11.1. The van der Waals surface area contributed by atoms with Crippen molar-refractivity contribution in [2.24, 2.45) is 5.92 Å². The van der Waals surface area contributed by atoms with Crippen molar-refractivity contribution < 1.29 is 24.5 Å². The molecule has 0 fully saturated rings. The van der Waals surface area contributed by atoms with E-state index in [0.29, 0.717) is 5.57 Å². The number of cyclic esters (lactones) is 1. The molecular formula is C9H8O5. The van der Waals surface area contributed by atoms with E-state index < -0.39 is 24.1 Å². The van der Waals surface area contributed by atoms with Crippen LogP contribution in [0.5, 0.6) is 0 Å². The standard InChI is InChI=1S/C9H8O5/c10-7(11)4-1-2-5-6(3-4)9(13)14-8(5)12/h1-2,4,8,12H,3H2,(H,10,11). The van der Waals surface area contributed by atoms with Crippen LogP contribution < -0.4 is 0 Å². The van der Waals surface area contributed by atoms with Gasteiger partial charge in [0, 0.05) is 11.1 Å². The molecular weight excluding hydrogens is 188 g/mol. The molecule has 5 nitrogen and oxygen atoms in total. The lowest BCUT2D eigenvalue weighted by Gasteiger charge is -2.12. The lowest BCUT2D eigenvalue weighted by atomic mass is 9.90. The summed E-state index contributed by atoms with van der Waals surface area (Å²) in [6.45, 7) is 0. The van der Waals surface area contributed by atoms with Gasteiger partial charge in [0.05, 0.1) is 5.92 Å². The van der Waals surface area contributed by atoms with Crippen LogP contribution in [0.25, 0.3) is 0 Å². The summed E-state index contributed by atoms with van der Waals surface area (Å²) in [6, 6.07) is 0. The minimum absolute atomic E-state index is 0.0943. The van der Waals surface area contributed by atoms with Gasteiger partial charge in [-0.2, -0.15) is 0 Å². The third kappa shape index (κ3) is 1.22. The van der Waals surface area contributed by atoms with Gasteiger partial charge in [0.25, 0.3) is 0 Å². The van der Waals surface area contributed by atoms with Gasteiger partial charge in [-0.15, -0.1) is 0 Å². The number of carbonyl (C=O) groups is 2. The zero-order chi connectivity index (χ0) is 10.3. The van der Waals surface area contributed by atoms with Crippen molar-refractivity contribution in [1.82, 2.24) is 0 Å². The highest BCUT2D eigenvalue weighted by Crippen LogP contribution is 2.32. The van der Waals surface area contributed by atoms with Crippen LogP contribution in [0.3, 0.4) is 0 Å². The molecule has 0 aromatic carbocycles. The number of aliphatic carboxylic acids is 1. The maximum Gasteiger partial charge on any atom is 0.337 e. The molecule has 0 radical (unpaired) electrons. The lowest BCUT2D eigenvalue weighted by Crippen LogP contribution is -2.16. The van der Waals surface area contributed by atoms with Gasteiger partial charge in [0.1, 0.15) is 0 Å². The fourth-order valence-electron chi connectivity index (χ4n) is 1.56. The number of esters is 1. The van der Waals surface area contributed by atoms with E-state index in [1.165, 1.54) is 12.2 Å². The molecule has 14 heavy (non-hydrogen) atoms. The first-order chi connectivity index (χ1) is 6.59. The number of aliphatic hydroxyl groups is 1. The first kappa shape index (κ1) is 8.96. The van der Waals surface area contributed by atoms with Crippen molar-refractivity contribution in [3.05, 3.63) is 23.3 Å². The molecule has 1 aliphatic carbocycles. The molecule has 0 saturated carbocycles. The number of hydrogen-bond acceptors (Lipinski definition) is 4. The fourth-order valence-corrected chi connectivity index (χ4v) is 1.56. The molecule has 2 rings (SSSR count). The summed E-state index contributed by atoms with van der Waals surface area (Å²) in [6.07, 6.45) is 1.75. The number of aliphatic hydroxyl groups excluding tert-OH is 1. The summed E-state index contributed by atoms with van der Waals surface area (Å²) in [7, 11) is 0. The first-order valence-electron chi connectivity index (χ1n) is 4.12. The molecule has 0 spiro atoms. The summed E-state index contributed by atoms with van der Waals surface area (Å²) in [4.78, 5) is 21.8. The predicted octanol–water partition coefficient (Wildman–Crippen LogP) is -0.181. The predicted molar refractivity (Wildman–Crippen MR) is 44.0 cm³/mol. The lowest BCUT2D eigenvalue weighted by molar-refractivity contribution is -0.151. The molecule has 2 unspecified atom stereocenters. The number of carboxylic acids is 1. The zero-order valence-corrected chi connectivity index (χ0v) is 7.14. The van der Waals surface area contributed by atoms with Crippen LogP contribution in [0.1, 0.15) is 6.42 Å². The molecule has 2 aliphatic rings. The third-order valence-electron chi connectivity index (χ3n) is 2.33. The van der Waals surface area contributed by atoms with Crippen LogP contribution in [0.15, 0.2) is 23.3 Å². The molecule has 5 heteroatoms. The highest BCUT2D eigenvalue weighted by Gasteiger charge is 2.36. The van der Waals surface area contributed by atoms with Gasteiger partial charge < -0.3 is 14.9 Å². The molecule has 1 heterocycles. The second-order valence-corrected chi connectivity index (χ2v) is 3.20. The van der Waals surface area contributed by atoms with Crippen molar-refractivity contribution in [3.8, 4) is 0 Å². The van der Waals surface area contributed by atoms with Gasteiger partial charge in [-0.05, 0) is 6.42 Å². The summed E-state index contributed by atoms with van der Waals surface area (Å²) in [5, 5.41) is 17.9. The Morgan fingerprint density at radius 2 is 2.29 bits per heavy atom. The molecule has 0 amide bonds. The summed E-state index contributed by atoms with van der Waals surface area (Å²) < 4.78 is 4.53. The summed E-state index contributed by atoms with van der Waals surface area (Å²) in [5.41, 5.74) is 0.653. The molecule has 0 saturated heterocycles. The van der Waals surface area contributed by atoms with Gasteiger partial charge >= 0.3 is 11.9 Å². The Morgan fingerprint density at radius 1 is 1.57 bits per heavy atom. The molecule has 0 aromatic heterocycles. The third-order valence-corrected chi connectivity index (χ3v) is 2.33. The Labute approximate surface area is 79.3 Å². The molecule has 1 aliphatic heterocycles. The van der Waals surface area contributed by atoms with Gasteiger partial charge in [0.15, 0.2) is 0 Å². The van der Waals surface area contributed by atoms with Crippen molar-refractivity contribution in [2.45, 2.75) is 12.7 Å². The average Bonchev–Trinajstić information content (AvgIpc) is 2.42. The zero-order valence-electron chi connectivity index (χ0n) is 7.14. The van der Waals surface area contributed by atoms with Crippen LogP contribution in [0.4, 0.5) is 0 Å². The average molecular weight is 196 g/mol. The van der Waals surface area contributed by atoms with Crippen molar-refractivity contribution in [3.63, 3.8) is 0 Å². The molecule has 74 valence electrons. The van der Waals surface area contributed by atoms with E-state index in [1.54, 1.807) is 0 Å². The van der Waals surface area contributed by atoms with Crippen LogP contribution in [0.2, 0.25) is 0 Å². The Hall–Kier alpha value is -1.62. The van der Waals surface area contributed by atoms with E-state index in [4.69, 9.17) is 5.11 Å². The number of carbonyl (C=O) groups excluding carboxylic acids is 1. The van der Waals surface area contributed by atoms with E-state index >= 15 is 0 Å². The highest BCUT2D eigenvalue weighted by atomic mass is 16.6. The molecule has 0 aromatic rings. The van der Waals surface area contributed by atoms with E-state index in [2.05, 4.69) is 4.74 Å². The van der Waals surface area contributed by atoms with Crippen molar-refractivity contribution >= 4 is 11.9 Å². The van der Waals surface area contributed by atoms with Crippen LogP contribution in [0, 0.1) is 5.92 Å². The van der Waals surface area contributed by atoms with Gasteiger partial charge in [-0.25, -0.2) is 4.79 Å². The summed E-state index contributed by atoms with van der Waals surface area (Å²) in [5.74, 6) is -2.31. The number of carboxylic acid groups (broad SMARTS) is 1. The van der Waals surface area contributed by atoms with E-state index in [9.17, 15) is 14.7 Å². The Kier molecular flexibility index (Phi) is 1.89. The Bertz CT molecular complexity index is 365. The molecule has 0 bridgehead atoms. The largest absolute Gasteiger partial charge is 0.481 e. The monoisotopic (exact) mass is 196 g/mol. The van der Waals surface area contributed by atoms with Gasteiger partial charge in [0.2, 0.25) is 6.29 Å². The highest BCUT2D eigenvalue weighted by molar-refractivity contribution is 5.94. The van der Waals surface area contributed by atoms with E-state index in [0.717, 1.165) is 0 Å². The van der Waals surface area contributed by atoms with E-state index in [1.807, 2.05) is 0 Å². The van der Waals surface area contributed by atoms with Crippen LogP contribution >= 0.6 is 0 Å². The van der Waals surface area contributed by atoms with Crippen LogP contribution in [-0.2, 0) is 14.3 Å². The number of rotatable bonds is 1. The van der Waals surface area contributed by atoms with Crippen molar-refractivity contribution in [1.29, 1.82) is 0 Å². The normalized spacial score (nSPS) is 30.2. The summed E-state index contributed by atoms with van der Waals surface area (Å²) >= 11 is 0. The number of hydrogen-bond donors (Lipinski definition) is 2. The second-order valence-electron chi connectivity index (χ2n) is 3.20. The quantitative estimate of drug-likeness (QED) is 0.568. The van der Waals surface area contributed by atoms with Gasteiger partial charge in [-0.3, -0.25) is 4.79 Å². The Morgan fingerprint density at radius 3 is 2.93 bits per heavy atom. The molecule has 2 atom stereocenters. The number of ether oxygens (including phenoxy) is 1. The first-order valence-corrected chi connectivity index (χ1v) is 4.12. The molecule has 2 N–H and O–H groups in total. The minimum atomic E-state index is -1.23. The fraction of sp³-hybridized carbons (Fsp3) is 0.333. The van der Waals surface area contributed by atoms with E-state index in [-0.39, 0.29) is 12.0 Å². The second kappa shape index (κ2) is 2.95.